The number of carboxylic acid groups (broad SMARTS) is 1. The van der Waals surface area contributed by atoms with Gasteiger partial charge in [0.25, 0.3) is 0 Å². The molecule has 0 aromatic carbocycles. The van der Waals surface area contributed by atoms with Crippen LogP contribution in [0.1, 0.15) is 58.8 Å². The van der Waals surface area contributed by atoms with Gasteiger partial charge in [0.1, 0.15) is 0 Å². The first kappa shape index (κ1) is 15.0. The van der Waals surface area contributed by atoms with Gasteiger partial charge in [0.2, 0.25) is 5.91 Å². The van der Waals surface area contributed by atoms with Crippen molar-refractivity contribution in [3.63, 3.8) is 0 Å². The molecular weight excluding hydrogens is 230 g/mol. The van der Waals surface area contributed by atoms with Crippen LogP contribution in [0.4, 0.5) is 0 Å². The van der Waals surface area contributed by atoms with E-state index in [1.807, 2.05) is 6.92 Å². The van der Waals surface area contributed by atoms with E-state index in [1.54, 1.807) is 0 Å². The molecule has 1 fully saturated rings. The van der Waals surface area contributed by atoms with Crippen molar-refractivity contribution in [2.75, 3.05) is 0 Å². The number of aliphatic carboxylic acids is 1. The van der Waals surface area contributed by atoms with Gasteiger partial charge in [-0.1, -0.05) is 32.6 Å². The summed E-state index contributed by atoms with van der Waals surface area (Å²) >= 11 is 0. The Labute approximate surface area is 109 Å². The molecule has 0 aromatic heterocycles. The highest BCUT2D eigenvalue weighted by Crippen LogP contribution is 2.30. The van der Waals surface area contributed by atoms with Gasteiger partial charge in [-0.25, -0.2) is 0 Å². The van der Waals surface area contributed by atoms with Crippen LogP contribution in [0.25, 0.3) is 0 Å². The number of hydrogen-bond donors (Lipinski definition) is 2. The standard InChI is InChI=1S/C14H25NO3/c1-3-4-7-10(2)15-13(16)11-8-5-6-9-12(11)14(17)18/h10-12H,3-9H2,1-2H3,(H,15,16)(H,17,18)/t10?,11-,12+/m1/s1. The van der Waals surface area contributed by atoms with Crippen LogP contribution >= 0.6 is 0 Å². The molecule has 0 heterocycles. The molecule has 18 heavy (non-hydrogen) atoms. The molecule has 0 aliphatic heterocycles. The van der Waals surface area contributed by atoms with Crippen molar-refractivity contribution < 1.29 is 14.7 Å². The topological polar surface area (TPSA) is 66.4 Å². The van der Waals surface area contributed by atoms with E-state index < -0.39 is 11.9 Å². The third-order valence-electron chi connectivity index (χ3n) is 3.80. The van der Waals surface area contributed by atoms with E-state index in [-0.39, 0.29) is 17.9 Å². The summed E-state index contributed by atoms with van der Waals surface area (Å²) in [5, 5.41) is 12.1. The molecule has 0 spiro atoms. The number of hydrogen-bond acceptors (Lipinski definition) is 2. The van der Waals surface area contributed by atoms with Crippen LogP contribution in [0.15, 0.2) is 0 Å². The summed E-state index contributed by atoms with van der Waals surface area (Å²) in [6, 6.07) is 0.147. The number of carbonyl (C=O) groups excluding carboxylic acids is 1. The van der Waals surface area contributed by atoms with E-state index in [2.05, 4.69) is 12.2 Å². The third kappa shape index (κ3) is 4.31. The van der Waals surface area contributed by atoms with Gasteiger partial charge in [0.05, 0.1) is 11.8 Å². The quantitative estimate of drug-likeness (QED) is 0.766. The van der Waals surface area contributed by atoms with Crippen molar-refractivity contribution in [2.45, 2.75) is 64.8 Å². The molecule has 1 aliphatic rings. The van der Waals surface area contributed by atoms with Gasteiger partial charge >= 0.3 is 5.97 Å². The summed E-state index contributed by atoms with van der Waals surface area (Å²) in [5.74, 6) is -1.71. The van der Waals surface area contributed by atoms with Crippen LogP contribution < -0.4 is 5.32 Å². The van der Waals surface area contributed by atoms with Crippen molar-refractivity contribution in [1.82, 2.24) is 5.32 Å². The highest BCUT2D eigenvalue weighted by Gasteiger charge is 2.35. The Balaban J connectivity index is 2.50. The van der Waals surface area contributed by atoms with Gasteiger partial charge in [-0.3, -0.25) is 9.59 Å². The summed E-state index contributed by atoms with van der Waals surface area (Å²) < 4.78 is 0. The first-order chi connectivity index (χ1) is 8.56. The van der Waals surface area contributed by atoms with E-state index in [1.165, 1.54) is 0 Å². The SMILES string of the molecule is CCCCC(C)NC(=O)[C@@H]1CCCC[C@@H]1C(=O)O. The Morgan fingerprint density at radius 3 is 2.44 bits per heavy atom. The smallest absolute Gasteiger partial charge is 0.307 e. The minimum Gasteiger partial charge on any atom is -0.481 e. The first-order valence-electron chi connectivity index (χ1n) is 7.09. The van der Waals surface area contributed by atoms with E-state index >= 15 is 0 Å². The largest absolute Gasteiger partial charge is 0.481 e. The van der Waals surface area contributed by atoms with Crippen LogP contribution in [-0.2, 0) is 9.59 Å². The monoisotopic (exact) mass is 255 g/mol. The van der Waals surface area contributed by atoms with Crippen molar-refractivity contribution in [1.29, 1.82) is 0 Å². The molecule has 0 bridgehead atoms. The molecule has 0 saturated heterocycles. The van der Waals surface area contributed by atoms with Crippen LogP contribution in [0.5, 0.6) is 0 Å². The first-order valence-corrected chi connectivity index (χ1v) is 7.09. The summed E-state index contributed by atoms with van der Waals surface area (Å²) in [6.45, 7) is 4.11. The van der Waals surface area contributed by atoms with Gasteiger partial charge in [0, 0.05) is 6.04 Å². The molecule has 4 nitrogen and oxygen atoms in total. The molecule has 1 saturated carbocycles. The number of amides is 1. The Hall–Kier alpha value is -1.06. The molecule has 4 heteroatoms. The van der Waals surface area contributed by atoms with E-state index in [0.29, 0.717) is 12.8 Å². The second kappa shape index (κ2) is 7.39. The minimum absolute atomic E-state index is 0.0642. The Kier molecular flexibility index (Phi) is 6.16. The molecular formula is C14H25NO3. The fraction of sp³-hybridized carbons (Fsp3) is 0.857. The summed E-state index contributed by atoms with van der Waals surface area (Å²) in [5.41, 5.74) is 0. The number of rotatable bonds is 6. The zero-order valence-electron chi connectivity index (χ0n) is 11.4. The number of carboxylic acids is 1. The number of carbonyl (C=O) groups is 2. The molecule has 1 unspecified atom stereocenters. The maximum Gasteiger partial charge on any atom is 0.307 e. The fourth-order valence-corrected chi connectivity index (χ4v) is 2.67. The number of nitrogens with one attached hydrogen (secondary N) is 1. The lowest BCUT2D eigenvalue weighted by Gasteiger charge is -2.28. The van der Waals surface area contributed by atoms with E-state index in [4.69, 9.17) is 5.11 Å². The highest BCUT2D eigenvalue weighted by atomic mass is 16.4. The summed E-state index contributed by atoms with van der Waals surface area (Å²) in [6.07, 6.45) is 6.40. The normalized spacial score (nSPS) is 25.4. The van der Waals surface area contributed by atoms with Crippen LogP contribution in [0.2, 0.25) is 0 Å². The van der Waals surface area contributed by atoms with Gasteiger partial charge in [-0.05, 0) is 26.2 Å². The summed E-state index contributed by atoms with van der Waals surface area (Å²) in [7, 11) is 0. The second-order valence-corrected chi connectivity index (χ2v) is 5.39. The zero-order valence-corrected chi connectivity index (χ0v) is 11.4. The predicted molar refractivity (Wildman–Crippen MR) is 70.2 cm³/mol. The Morgan fingerprint density at radius 2 is 1.89 bits per heavy atom. The number of unbranched alkanes of at least 4 members (excludes halogenated alkanes) is 1. The lowest BCUT2D eigenvalue weighted by Crippen LogP contribution is -2.43. The highest BCUT2D eigenvalue weighted by molar-refractivity contribution is 5.85. The van der Waals surface area contributed by atoms with Gasteiger partial charge in [0.15, 0.2) is 0 Å². The molecule has 1 aliphatic carbocycles. The van der Waals surface area contributed by atoms with E-state index in [9.17, 15) is 9.59 Å². The Morgan fingerprint density at radius 1 is 1.28 bits per heavy atom. The van der Waals surface area contributed by atoms with Crippen LogP contribution in [0, 0.1) is 11.8 Å². The second-order valence-electron chi connectivity index (χ2n) is 5.39. The lowest BCUT2D eigenvalue weighted by atomic mass is 9.78. The fourth-order valence-electron chi connectivity index (χ4n) is 2.67. The average molecular weight is 255 g/mol. The van der Waals surface area contributed by atoms with Gasteiger partial charge in [-0.15, -0.1) is 0 Å². The molecule has 1 amide bonds. The molecule has 2 N–H and O–H groups in total. The Bertz CT molecular complexity index is 291. The van der Waals surface area contributed by atoms with Crippen molar-refractivity contribution in [3.05, 3.63) is 0 Å². The summed E-state index contributed by atoms with van der Waals surface area (Å²) in [4.78, 5) is 23.3. The predicted octanol–water partition coefficient (Wildman–Crippen LogP) is 2.57. The zero-order chi connectivity index (χ0) is 13.5. The van der Waals surface area contributed by atoms with Crippen LogP contribution in [-0.4, -0.2) is 23.0 Å². The van der Waals surface area contributed by atoms with Crippen molar-refractivity contribution >= 4 is 11.9 Å². The lowest BCUT2D eigenvalue weighted by molar-refractivity contribution is -0.149. The maximum absolute atomic E-state index is 12.1. The van der Waals surface area contributed by atoms with Crippen LogP contribution in [0.3, 0.4) is 0 Å². The molecule has 104 valence electrons. The maximum atomic E-state index is 12.1. The average Bonchev–Trinajstić information content (AvgIpc) is 2.36. The van der Waals surface area contributed by atoms with Gasteiger partial charge < -0.3 is 10.4 Å². The minimum atomic E-state index is -0.823. The van der Waals surface area contributed by atoms with Gasteiger partial charge in [-0.2, -0.15) is 0 Å². The van der Waals surface area contributed by atoms with Crippen molar-refractivity contribution in [2.24, 2.45) is 11.8 Å². The van der Waals surface area contributed by atoms with E-state index in [0.717, 1.165) is 32.1 Å². The molecule has 0 aromatic rings. The third-order valence-corrected chi connectivity index (χ3v) is 3.80. The molecule has 0 radical (unpaired) electrons. The van der Waals surface area contributed by atoms with Crippen molar-refractivity contribution in [3.8, 4) is 0 Å². The molecule has 1 rings (SSSR count). The molecule has 3 atom stereocenters.